The van der Waals surface area contributed by atoms with Crippen LogP contribution in [-0.4, -0.2) is 40.8 Å². The molecular weight excluding hydrogens is 250 g/mol. The van der Waals surface area contributed by atoms with E-state index in [4.69, 9.17) is 10.4 Å². The molecule has 1 aromatic heterocycles. The van der Waals surface area contributed by atoms with Gasteiger partial charge in [-0.3, -0.25) is 10.1 Å². The zero-order valence-corrected chi connectivity index (χ0v) is 10.5. The second-order valence-electron chi connectivity index (χ2n) is 3.91. The molecule has 0 amide bonds. The van der Waals surface area contributed by atoms with Crippen LogP contribution in [0.4, 0.5) is 11.5 Å². The third-order valence-corrected chi connectivity index (χ3v) is 2.22. The van der Waals surface area contributed by atoms with Gasteiger partial charge in [-0.15, -0.1) is 0 Å². The zero-order chi connectivity index (χ0) is 14.3. The van der Waals surface area contributed by atoms with E-state index in [2.05, 4.69) is 15.6 Å². The van der Waals surface area contributed by atoms with Crippen LogP contribution in [0.5, 0.6) is 0 Å². The summed E-state index contributed by atoms with van der Waals surface area (Å²) >= 11 is 0. The minimum Gasteiger partial charge on any atom is -0.392 e. The molecule has 1 unspecified atom stereocenters. The van der Waals surface area contributed by atoms with Crippen molar-refractivity contribution in [3.05, 3.63) is 27.9 Å². The van der Waals surface area contributed by atoms with Crippen molar-refractivity contribution in [2.45, 2.75) is 13.0 Å². The fraction of sp³-hybridized carbons (Fsp3) is 0.455. The fourth-order valence-electron chi connectivity index (χ4n) is 1.37. The van der Waals surface area contributed by atoms with Crippen LogP contribution in [0.25, 0.3) is 0 Å². The van der Waals surface area contributed by atoms with Crippen molar-refractivity contribution in [3.63, 3.8) is 0 Å². The number of nitriles is 1. The van der Waals surface area contributed by atoms with Crippen LogP contribution in [0, 0.1) is 21.4 Å². The van der Waals surface area contributed by atoms with Crippen molar-refractivity contribution in [3.8, 4) is 6.07 Å². The molecule has 19 heavy (non-hydrogen) atoms. The molecule has 0 aromatic carbocycles. The van der Waals surface area contributed by atoms with E-state index in [0.29, 0.717) is 25.5 Å². The van der Waals surface area contributed by atoms with Gasteiger partial charge in [0.25, 0.3) is 0 Å². The van der Waals surface area contributed by atoms with Gasteiger partial charge in [-0.05, 0) is 13.0 Å². The summed E-state index contributed by atoms with van der Waals surface area (Å²) in [5.74, 6) is 0.404. The van der Waals surface area contributed by atoms with Gasteiger partial charge >= 0.3 is 5.69 Å². The van der Waals surface area contributed by atoms with Crippen molar-refractivity contribution >= 4 is 11.5 Å². The second kappa shape index (κ2) is 7.25. The second-order valence-corrected chi connectivity index (χ2v) is 3.91. The first-order chi connectivity index (χ1) is 9.04. The largest absolute Gasteiger partial charge is 0.392 e. The molecule has 0 fully saturated rings. The summed E-state index contributed by atoms with van der Waals surface area (Å²) in [6.07, 6.45) is -0.414. The molecule has 0 saturated heterocycles. The molecule has 102 valence electrons. The Morgan fingerprint density at radius 2 is 2.32 bits per heavy atom. The molecule has 0 aliphatic heterocycles. The highest BCUT2D eigenvalue weighted by molar-refractivity contribution is 5.50. The number of nitro groups is 1. The predicted octanol–water partition coefficient (Wildman–Crippen LogP) is 0.244. The summed E-state index contributed by atoms with van der Waals surface area (Å²) in [6.45, 7) is 3.30. The number of aliphatic hydroxyl groups excluding tert-OH is 1. The van der Waals surface area contributed by atoms with Gasteiger partial charge in [0.1, 0.15) is 11.9 Å². The average molecular weight is 265 g/mol. The number of anilines is 1. The number of aliphatic hydroxyl groups is 1. The van der Waals surface area contributed by atoms with Crippen molar-refractivity contribution in [1.29, 1.82) is 5.26 Å². The van der Waals surface area contributed by atoms with Gasteiger partial charge in [0.2, 0.25) is 5.69 Å². The first-order valence-corrected chi connectivity index (χ1v) is 5.72. The van der Waals surface area contributed by atoms with Crippen LogP contribution in [0.3, 0.4) is 0 Å². The van der Waals surface area contributed by atoms with Crippen LogP contribution in [-0.2, 0) is 0 Å². The Morgan fingerprint density at radius 1 is 1.58 bits per heavy atom. The molecule has 0 spiro atoms. The van der Waals surface area contributed by atoms with Crippen molar-refractivity contribution < 1.29 is 10.0 Å². The number of rotatable bonds is 7. The molecule has 0 aliphatic carbocycles. The average Bonchev–Trinajstić information content (AvgIpc) is 2.37. The Kier molecular flexibility index (Phi) is 5.66. The normalized spacial score (nSPS) is 11.6. The van der Waals surface area contributed by atoms with Crippen LogP contribution >= 0.6 is 0 Å². The first kappa shape index (κ1) is 14.8. The van der Waals surface area contributed by atoms with Gasteiger partial charge in [-0.2, -0.15) is 5.26 Å². The van der Waals surface area contributed by atoms with Crippen molar-refractivity contribution in [2.75, 3.05) is 25.0 Å². The molecule has 8 heteroatoms. The van der Waals surface area contributed by atoms with E-state index in [1.165, 1.54) is 12.1 Å². The summed E-state index contributed by atoms with van der Waals surface area (Å²) in [6, 6.07) is 4.39. The predicted molar refractivity (Wildman–Crippen MR) is 68.6 cm³/mol. The van der Waals surface area contributed by atoms with E-state index in [1.807, 2.05) is 0 Å². The summed E-state index contributed by atoms with van der Waals surface area (Å²) in [5, 5.41) is 34.3. The third kappa shape index (κ3) is 4.87. The number of nitrogens with zero attached hydrogens (tertiary/aromatic N) is 3. The summed E-state index contributed by atoms with van der Waals surface area (Å²) in [5.41, 5.74) is -0.521. The molecule has 0 radical (unpaired) electrons. The maximum Gasteiger partial charge on any atom is 0.305 e. The molecule has 0 bridgehead atoms. The number of hydrogen-bond acceptors (Lipinski definition) is 7. The van der Waals surface area contributed by atoms with Gasteiger partial charge in [0.05, 0.1) is 11.0 Å². The molecule has 1 heterocycles. The highest BCUT2D eigenvalue weighted by atomic mass is 16.6. The van der Waals surface area contributed by atoms with Gasteiger partial charge < -0.3 is 15.7 Å². The highest BCUT2D eigenvalue weighted by Gasteiger charge is 2.15. The Hall–Kier alpha value is -2.24. The lowest BCUT2D eigenvalue weighted by Gasteiger charge is -2.08. The van der Waals surface area contributed by atoms with E-state index in [1.54, 1.807) is 13.0 Å². The van der Waals surface area contributed by atoms with Gasteiger partial charge in [0, 0.05) is 25.7 Å². The monoisotopic (exact) mass is 265 g/mol. The minimum absolute atomic E-state index is 0.216. The quantitative estimate of drug-likeness (QED) is 0.366. The van der Waals surface area contributed by atoms with E-state index in [-0.39, 0.29) is 11.4 Å². The lowest BCUT2D eigenvalue weighted by Crippen LogP contribution is -2.29. The van der Waals surface area contributed by atoms with Gasteiger partial charge in [0.15, 0.2) is 0 Å². The van der Waals surface area contributed by atoms with Crippen LogP contribution in [0.2, 0.25) is 0 Å². The summed E-state index contributed by atoms with van der Waals surface area (Å²) < 4.78 is 0. The van der Waals surface area contributed by atoms with Gasteiger partial charge in [-0.25, -0.2) is 4.98 Å². The first-order valence-electron chi connectivity index (χ1n) is 5.72. The molecule has 8 nitrogen and oxygen atoms in total. The van der Waals surface area contributed by atoms with Crippen LogP contribution < -0.4 is 10.6 Å². The van der Waals surface area contributed by atoms with Crippen LogP contribution in [0.15, 0.2) is 12.1 Å². The van der Waals surface area contributed by atoms with Crippen molar-refractivity contribution in [2.24, 2.45) is 0 Å². The summed E-state index contributed by atoms with van der Waals surface area (Å²) in [4.78, 5) is 13.8. The van der Waals surface area contributed by atoms with Crippen molar-refractivity contribution in [1.82, 2.24) is 10.3 Å². The fourth-order valence-corrected chi connectivity index (χ4v) is 1.37. The lowest BCUT2D eigenvalue weighted by atomic mass is 10.3. The molecule has 1 atom stereocenters. The molecule has 0 saturated carbocycles. The third-order valence-electron chi connectivity index (χ3n) is 2.22. The van der Waals surface area contributed by atoms with E-state index < -0.39 is 11.0 Å². The minimum atomic E-state index is -0.639. The molecule has 0 aliphatic rings. The lowest BCUT2D eigenvalue weighted by molar-refractivity contribution is -0.385. The SMILES string of the molecule is CC(O)CNCCNc1ccc([N+](=O)[O-])c(C#N)n1. The Balaban J connectivity index is 2.52. The number of nitrogens with one attached hydrogen (secondary N) is 2. The van der Waals surface area contributed by atoms with E-state index in [0.717, 1.165) is 0 Å². The van der Waals surface area contributed by atoms with E-state index >= 15 is 0 Å². The molecule has 1 rings (SSSR count). The number of pyridine rings is 1. The molecule has 1 aromatic rings. The Labute approximate surface area is 110 Å². The highest BCUT2D eigenvalue weighted by Crippen LogP contribution is 2.17. The standard InChI is InChI=1S/C11H15N5O3/c1-8(17)7-13-4-5-14-11-3-2-10(16(18)19)9(6-12)15-11/h2-3,8,13,17H,4-5,7H2,1H3,(H,14,15). The maximum atomic E-state index is 10.6. The molecule has 3 N–H and O–H groups in total. The van der Waals surface area contributed by atoms with Gasteiger partial charge in [-0.1, -0.05) is 0 Å². The Bertz CT molecular complexity index is 484. The van der Waals surface area contributed by atoms with Crippen LogP contribution in [0.1, 0.15) is 12.6 Å². The van der Waals surface area contributed by atoms with E-state index in [9.17, 15) is 10.1 Å². The zero-order valence-electron chi connectivity index (χ0n) is 10.5. The Morgan fingerprint density at radius 3 is 2.89 bits per heavy atom. The summed E-state index contributed by atoms with van der Waals surface area (Å²) in [7, 11) is 0. The number of aromatic nitrogens is 1. The topological polar surface area (TPSA) is 124 Å². The maximum absolute atomic E-state index is 10.6. The smallest absolute Gasteiger partial charge is 0.305 e. The molecular formula is C11H15N5O3. The number of hydrogen-bond donors (Lipinski definition) is 3.